The second-order valence-corrected chi connectivity index (χ2v) is 7.02. The Morgan fingerprint density at radius 2 is 2.05 bits per heavy atom. The van der Waals surface area contributed by atoms with Crippen molar-refractivity contribution in [3.05, 3.63) is 18.3 Å². The number of nitrogen functional groups attached to an aromatic ring is 1. The van der Waals surface area contributed by atoms with Crippen LogP contribution in [-0.2, 0) is 10.0 Å². The molecule has 0 aliphatic heterocycles. The van der Waals surface area contributed by atoms with Gasteiger partial charge in [-0.25, -0.2) is 19.2 Å². The number of nitrogens with zero attached hydrogens (tertiary/aromatic N) is 2. The van der Waals surface area contributed by atoms with Crippen LogP contribution in [0.3, 0.4) is 0 Å². The summed E-state index contributed by atoms with van der Waals surface area (Å²) in [6, 6.07) is 2.83. The molecule has 0 bridgehead atoms. The average molecular weight is 286 g/mol. The fourth-order valence-corrected chi connectivity index (χ4v) is 3.27. The Hall–Kier alpha value is -1.18. The fourth-order valence-electron chi connectivity index (χ4n) is 1.88. The van der Waals surface area contributed by atoms with Crippen molar-refractivity contribution >= 4 is 15.8 Å². The molecule has 1 heterocycles. The number of sulfonamides is 1. The summed E-state index contributed by atoms with van der Waals surface area (Å²) in [5.41, 5.74) is 2.35. The molecule has 7 heteroatoms. The highest BCUT2D eigenvalue weighted by Crippen LogP contribution is 2.20. The summed E-state index contributed by atoms with van der Waals surface area (Å²) in [5, 5.41) is 0. The van der Waals surface area contributed by atoms with Gasteiger partial charge in [-0.15, -0.1) is 0 Å². The number of nitrogens with one attached hydrogen (secondary N) is 1. The molecule has 0 radical (unpaired) electrons. The molecule has 6 nitrogen and oxygen atoms in total. The number of hydrazine groups is 1. The molecule has 0 spiro atoms. The fraction of sp³-hybridized carbons (Fsp3) is 0.583. The Labute approximate surface area is 115 Å². The summed E-state index contributed by atoms with van der Waals surface area (Å²) in [7, 11) is -1.92. The van der Waals surface area contributed by atoms with Crippen LogP contribution in [0.1, 0.15) is 27.2 Å². The van der Waals surface area contributed by atoms with Crippen LogP contribution >= 0.6 is 0 Å². The Bertz CT molecular complexity index is 516. The molecule has 108 valence electrons. The van der Waals surface area contributed by atoms with E-state index in [1.807, 2.05) is 6.92 Å². The Balaban J connectivity index is 3.02. The number of hydrogen-bond acceptors (Lipinski definition) is 5. The van der Waals surface area contributed by atoms with Gasteiger partial charge in [0.05, 0.1) is 4.90 Å². The van der Waals surface area contributed by atoms with Crippen molar-refractivity contribution in [2.24, 2.45) is 11.8 Å². The van der Waals surface area contributed by atoms with Gasteiger partial charge in [-0.05, 0) is 25.3 Å². The zero-order chi connectivity index (χ0) is 14.6. The van der Waals surface area contributed by atoms with Crippen LogP contribution in [0.25, 0.3) is 0 Å². The maximum Gasteiger partial charge on any atom is 0.243 e. The molecule has 0 fully saturated rings. The normalized spacial score (nSPS) is 13.8. The van der Waals surface area contributed by atoms with E-state index in [1.165, 1.54) is 22.6 Å². The van der Waals surface area contributed by atoms with Crippen molar-refractivity contribution < 1.29 is 8.42 Å². The van der Waals surface area contributed by atoms with Gasteiger partial charge in [-0.1, -0.05) is 13.8 Å². The number of rotatable bonds is 6. The SMILES string of the molecule is CC(C)CC(C)N(C)S(=O)(=O)c1ccnc(NN)c1. The topological polar surface area (TPSA) is 88.3 Å². The molecule has 0 saturated heterocycles. The van der Waals surface area contributed by atoms with Crippen molar-refractivity contribution in [3.8, 4) is 0 Å². The molecule has 1 aromatic heterocycles. The van der Waals surface area contributed by atoms with E-state index in [9.17, 15) is 8.42 Å². The third-order valence-electron chi connectivity index (χ3n) is 2.99. The third-order valence-corrected chi connectivity index (χ3v) is 4.96. The highest BCUT2D eigenvalue weighted by atomic mass is 32.2. The van der Waals surface area contributed by atoms with Gasteiger partial charge < -0.3 is 5.43 Å². The van der Waals surface area contributed by atoms with Gasteiger partial charge >= 0.3 is 0 Å². The second kappa shape index (κ2) is 6.31. The molecule has 0 aliphatic rings. The number of nitrogens with two attached hydrogens (primary N) is 1. The van der Waals surface area contributed by atoms with Gasteiger partial charge in [-0.3, -0.25) is 0 Å². The zero-order valence-corrected chi connectivity index (χ0v) is 12.6. The molecule has 0 aliphatic carbocycles. The van der Waals surface area contributed by atoms with Gasteiger partial charge in [-0.2, -0.15) is 4.31 Å². The first-order valence-electron chi connectivity index (χ1n) is 6.19. The van der Waals surface area contributed by atoms with Gasteiger partial charge in [0.2, 0.25) is 10.0 Å². The summed E-state index contributed by atoms with van der Waals surface area (Å²) in [4.78, 5) is 4.09. The first-order valence-corrected chi connectivity index (χ1v) is 7.63. The maximum absolute atomic E-state index is 12.5. The van der Waals surface area contributed by atoms with Crippen LogP contribution in [0.5, 0.6) is 0 Å². The predicted octanol–water partition coefficient (Wildman–Crippen LogP) is 1.42. The lowest BCUT2D eigenvalue weighted by molar-refractivity contribution is 0.338. The molecule has 1 atom stereocenters. The first-order chi connectivity index (χ1) is 8.78. The van der Waals surface area contributed by atoms with Crippen molar-refractivity contribution in [3.63, 3.8) is 0 Å². The van der Waals surface area contributed by atoms with Crippen molar-refractivity contribution in [2.45, 2.75) is 38.1 Å². The summed E-state index contributed by atoms with van der Waals surface area (Å²) >= 11 is 0. The van der Waals surface area contributed by atoms with E-state index >= 15 is 0 Å². The van der Waals surface area contributed by atoms with E-state index < -0.39 is 10.0 Å². The van der Waals surface area contributed by atoms with Crippen molar-refractivity contribution in [2.75, 3.05) is 12.5 Å². The summed E-state index contributed by atoms with van der Waals surface area (Å²) < 4.78 is 26.3. The second-order valence-electron chi connectivity index (χ2n) is 5.02. The number of aromatic nitrogens is 1. The minimum Gasteiger partial charge on any atom is -0.308 e. The van der Waals surface area contributed by atoms with Crippen molar-refractivity contribution in [1.29, 1.82) is 0 Å². The molecule has 1 aromatic rings. The summed E-state index contributed by atoms with van der Waals surface area (Å²) in [5.74, 6) is 6.00. The predicted molar refractivity (Wildman–Crippen MR) is 75.9 cm³/mol. The standard InChI is InChI=1S/C12H22N4O2S/c1-9(2)7-10(3)16(4)19(17,18)11-5-6-14-12(8-11)15-13/h5-6,8-10H,7,13H2,1-4H3,(H,14,15). The maximum atomic E-state index is 12.5. The van der Waals surface area contributed by atoms with Crippen LogP contribution in [0.15, 0.2) is 23.2 Å². The zero-order valence-electron chi connectivity index (χ0n) is 11.8. The smallest absolute Gasteiger partial charge is 0.243 e. The third kappa shape index (κ3) is 3.89. The van der Waals surface area contributed by atoms with Crippen LogP contribution in [0, 0.1) is 5.92 Å². The lowest BCUT2D eigenvalue weighted by Gasteiger charge is -2.25. The Morgan fingerprint density at radius 1 is 1.42 bits per heavy atom. The summed E-state index contributed by atoms with van der Waals surface area (Å²) in [6.07, 6.45) is 2.23. The Morgan fingerprint density at radius 3 is 2.58 bits per heavy atom. The molecule has 0 saturated carbocycles. The molecule has 0 amide bonds. The van der Waals surface area contributed by atoms with Crippen LogP contribution < -0.4 is 11.3 Å². The van der Waals surface area contributed by atoms with Gasteiger partial charge in [0, 0.05) is 25.4 Å². The summed E-state index contributed by atoms with van der Waals surface area (Å²) in [6.45, 7) is 6.04. The molecular weight excluding hydrogens is 264 g/mol. The monoisotopic (exact) mass is 286 g/mol. The Kier molecular flexibility index (Phi) is 5.28. The number of anilines is 1. The van der Waals surface area contributed by atoms with Crippen LogP contribution in [0.2, 0.25) is 0 Å². The average Bonchev–Trinajstić information content (AvgIpc) is 2.37. The molecule has 3 N–H and O–H groups in total. The van der Waals surface area contributed by atoms with E-state index in [2.05, 4.69) is 24.3 Å². The van der Waals surface area contributed by atoms with Crippen LogP contribution in [-0.4, -0.2) is 30.8 Å². The minimum atomic E-state index is -3.52. The van der Waals surface area contributed by atoms with Crippen LogP contribution in [0.4, 0.5) is 5.82 Å². The van der Waals surface area contributed by atoms with E-state index in [1.54, 1.807) is 7.05 Å². The van der Waals surface area contributed by atoms with E-state index in [0.717, 1.165) is 6.42 Å². The van der Waals surface area contributed by atoms with E-state index in [4.69, 9.17) is 5.84 Å². The highest BCUT2D eigenvalue weighted by Gasteiger charge is 2.26. The lowest BCUT2D eigenvalue weighted by atomic mass is 10.1. The van der Waals surface area contributed by atoms with E-state index in [0.29, 0.717) is 11.7 Å². The lowest BCUT2D eigenvalue weighted by Crippen LogP contribution is -2.36. The van der Waals surface area contributed by atoms with Gasteiger partial charge in [0.25, 0.3) is 0 Å². The highest BCUT2D eigenvalue weighted by molar-refractivity contribution is 7.89. The molecule has 1 unspecified atom stereocenters. The molecule has 19 heavy (non-hydrogen) atoms. The quantitative estimate of drug-likeness (QED) is 0.610. The van der Waals surface area contributed by atoms with E-state index in [-0.39, 0.29) is 10.9 Å². The van der Waals surface area contributed by atoms with Gasteiger partial charge in [0.1, 0.15) is 5.82 Å². The minimum absolute atomic E-state index is 0.0625. The number of pyridine rings is 1. The van der Waals surface area contributed by atoms with Gasteiger partial charge in [0.15, 0.2) is 0 Å². The molecule has 0 aromatic carbocycles. The largest absolute Gasteiger partial charge is 0.308 e. The number of hydrogen-bond donors (Lipinski definition) is 2. The molecular formula is C12H22N4O2S. The first kappa shape index (κ1) is 15.9. The molecule has 1 rings (SSSR count). The van der Waals surface area contributed by atoms with Crippen molar-refractivity contribution in [1.82, 2.24) is 9.29 Å².